The predicted octanol–water partition coefficient (Wildman–Crippen LogP) is 3.53. The van der Waals surface area contributed by atoms with Gasteiger partial charge in [-0.05, 0) is 37.0 Å². The fraction of sp³-hybridized carbons (Fsp3) is 0.588. The molecule has 0 bridgehead atoms. The first kappa shape index (κ1) is 16.7. The second-order valence-electron chi connectivity index (χ2n) is 5.04. The molecular formula is C17H26O3. The van der Waals surface area contributed by atoms with Crippen molar-refractivity contribution in [1.82, 2.24) is 0 Å². The fourth-order valence-electron chi connectivity index (χ4n) is 2.09. The summed E-state index contributed by atoms with van der Waals surface area (Å²) in [5.74, 6) is 0.903. The van der Waals surface area contributed by atoms with Crippen LogP contribution in [0.5, 0.6) is 5.75 Å². The molecule has 1 rings (SSSR count). The Kier molecular flexibility index (Phi) is 9.58. The third-order valence-electron chi connectivity index (χ3n) is 3.30. The van der Waals surface area contributed by atoms with Gasteiger partial charge < -0.3 is 14.6 Å². The van der Waals surface area contributed by atoms with Crippen molar-refractivity contribution < 1.29 is 14.6 Å². The van der Waals surface area contributed by atoms with Crippen molar-refractivity contribution in [1.29, 1.82) is 0 Å². The van der Waals surface area contributed by atoms with Gasteiger partial charge in [0.2, 0.25) is 0 Å². The molecule has 1 N–H and O–H groups in total. The lowest BCUT2D eigenvalue weighted by Crippen LogP contribution is -1.97. The number of aliphatic hydroxyl groups is 1. The monoisotopic (exact) mass is 278 g/mol. The number of aldehydes is 1. The second kappa shape index (κ2) is 11.5. The minimum absolute atomic E-state index is 0.311. The topological polar surface area (TPSA) is 46.5 Å². The maximum absolute atomic E-state index is 10.3. The molecule has 0 amide bonds. The molecular weight excluding hydrogens is 252 g/mol. The zero-order valence-corrected chi connectivity index (χ0v) is 12.2. The summed E-state index contributed by atoms with van der Waals surface area (Å²) in [5, 5.41) is 8.66. The molecule has 0 aliphatic carbocycles. The normalized spacial score (nSPS) is 10.4. The number of ether oxygens (including phenoxy) is 1. The molecule has 3 nitrogen and oxygen atoms in total. The Morgan fingerprint density at radius 3 is 2.25 bits per heavy atom. The van der Waals surface area contributed by atoms with Crippen LogP contribution in [-0.4, -0.2) is 24.6 Å². The van der Waals surface area contributed by atoms with Crippen LogP contribution in [0.25, 0.3) is 0 Å². The van der Waals surface area contributed by atoms with Crippen molar-refractivity contribution in [3.05, 3.63) is 29.8 Å². The number of unbranched alkanes of at least 4 members (excludes halogenated alkanes) is 5. The molecule has 0 heterocycles. The molecule has 0 spiro atoms. The summed E-state index contributed by atoms with van der Waals surface area (Å²) in [7, 11) is 0. The molecule has 0 radical (unpaired) electrons. The van der Waals surface area contributed by atoms with Gasteiger partial charge >= 0.3 is 0 Å². The van der Waals surface area contributed by atoms with Crippen molar-refractivity contribution >= 4 is 6.29 Å². The molecule has 1 aromatic carbocycles. The number of aliphatic hydroxyl groups excluding tert-OH is 1. The summed E-state index contributed by atoms with van der Waals surface area (Å²) >= 11 is 0. The molecule has 0 fully saturated rings. The predicted molar refractivity (Wildman–Crippen MR) is 81.1 cm³/mol. The summed E-state index contributed by atoms with van der Waals surface area (Å²) < 4.78 is 5.68. The van der Waals surface area contributed by atoms with E-state index in [2.05, 4.69) is 0 Å². The van der Waals surface area contributed by atoms with Gasteiger partial charge in [0.25, 0.3) is 0 Å². The van der Waals surface area contributed by atoms with Crippen LogP contribution in [0.15, 0.2) is 24.3 Å². The first-order valence-corrected chi connectivity index (χ1v) is 7.63. The molecule has 3 heteroatoms. The quantitative estimate of drug-likeness (QED) is 0.470. The Morgan fingerprint density at radius 2 is 1.60 bits per heavy atom. The van der Waals surface area contributed by atoms with Crippen LogP contribution in [0.2, 0.25) is 0 Å². The van der Waals surface area contributed by atoms with Gasteiger partial charge in [-0.3, -0.25) is 0 Å². The number of rotatable bonds is 12. The van der Waals surface area contributed by atoms with E-state index in [-0.39, 0.29) is 0 Å². The first-order chi connectivity index (χ1) is 9.86. The third-order valence-corrected chi connectivity index (χ3v) is 3.30. The minimum Gasteiger partial charge on any atom is -0.494 e. The fourth-order valence-corrected chi connectivity index (χ4v) is 2.09. The number of carbonyl (C=O) groups excluding carboxylic acids is 1. The standard InChI is InChI=1S/C17H26O3/c18-13-5-3-1-2-4-6-15-20-17-11-9-16(10-12-17)8-7-14-19/h9-12,14,18H,1-8,13,15H2. The van der Waals surface area contributed by atoms with Crippen molar-refractivity contribution in [2.24, 2.45) is 0 Å². The second-order valence-corrected chi connectivity index (χ2v) is 5.04. The highest BCUT2D eigenvalue weighted by atomic mass is 16.5. The number of carbonyl (C=O) groups is 1. The number of hydrogen-bond acceptors (Lipinski definition) is 3. The van der Waals surface area contributed by atoms with Crippen molar-refractivity contribution in [3.8, 4) is 5.75 Å². The highest BCUT2D eigenvalue weighted by Crippen LogP contribution is 2.14. The maximum Gasteiger partial charge on any atom is 0.120 e. The van der Waals surface area contributed by atoms with E-state index in [9.17, 15) is 4.79 Å². The van der Waals surface area contributed by atoms with Gasteiger partial charge in [-0.2, -0.15) is 0 Å². The highest BCUT2D eigenvalue weighted by Gasteiger charge is 1.96. The molecule has 0 aliphatic heterocycles. The van der Waals surface area contributed by atoms with Crippen molar-refractivity contribution in [2.45, 2.75) is 51.4 Å². The molecule has 20 heavy (non-hydrogen) atoms. The maximum atomic E-state index is 10.3. The van der Waals surface area contributed by atoms with Gasteiger partial charge in [-0.25, -0.2) is 0 Å². The van der Waals surface area contributed by atoms with Gasteiger partial charge in [0.1, 0.15) is 12.0 Å². The van der Waals surface area contributed by atoms with E-state index in [1.807, 2.05) is 24.3 Å². The molecule has 112 valence electrons. The summed E-state index contributed by atoms with van der Waals surface area (Å²) in [6.07, 6.45) is 9.06. The zero-order chi connectivity index (χ0) is 14.5. The Balaban J connectivity index is 2.05. The van der Waals surface area contributed by atoms with Crippen LogP contribution in [0.1, 0.15) is 50.5 Å². The van der Waals surface area contributed by atoms with E-state index in [1.54, 1.807) is 0 Å². The molecule has 0 saturated heterocycles. The zero-order valence-electron chi connectivity index (χ0n) is 12.2. The van der Waals surface area contributed by atoms with Crippen molar-refractivity contribution in [3.63, 3.8) is 0 Å². The molecule has 0 atom stereocenters. The van der Waals surface area contributed by atoms with Crippen LogP contribution >= 0.6 is 0 Å². The average Bonchev–Trinajstić information content (AvgIpc) is 2.49. The van der Waals surface area contributed by atoms with Crippen LogP contribution in [-0.2, 0) is 11.2 Å². The van der Waals surface area contributed by atoms with E-state index in [4.69, 9.17) is 9.84 Å². The molecule has 0 aliphatic rings. The van der Waals surface area contributed by atoms with Crippen LogP contribution in [0, 0.1) is 0 Å². The van der Waals surface area contributed by atoms with Crippen molar-refractivity contribution in [2.75, 3.05) is 13.2 Å². The van der Waals surface area contributed by atoms with Crippen LogP contribution in [0.4, 0.5) is 0 Å². The SMILES string of the molecule is O=CCCc1ccc(OCCCCCCCCO)cc1. The first-order valence-electron chi connectivity index (χ1n) is 7.63. The largest absolute Gasteiger partial charge is 0.494 e. The van der Waals surface area contributed by atoms with E-state index in [1.165, 1.54) is 24.8 Å². The Hall–Kier alpha value is -1.35. The van der Waals surface area contributed by atoms with E-state index < -0.39 is 0 Å². The number of aryl methyl sites for hydroxylation is 1. The molecule has 1 aromatic rings. The Bertz CT molecular complexity index is 346. The highest BCUT2D eigenvalue weighted by molar-refractivity contribution is 5.50. The van der Waals surface area contributed by atoms with Gasteiger partial charge in [-0.15, -0.1) is 0 Å². The Labute approximate surface area is 122 Å². The summed E-state index contributed by atoms with van der Waals surface area (Å²) in [4.78, 5) is 10.3. The summed E-state index contributed by atoms with van der Waals surface area (Å²) in [6, 6.07) is 7.99. The smallest absolute Gasteiger partial charge is 0.120 e. The lowest BCUT2D eigenvalue weighted by Gasteiger charge is -2.07. The summed E-state index contributed by atoms with van der Waals surface area (Å²) in [5.41, 5.74) is 1.17. The summed E-state index contributed by atoms with van der Waals surface area (Å²) in [6.45, 7) is 1.07. The van der Waals surface area contributed by atoms with Gasteiger partial charge in [0, 0.05) is 13.0 Å². The number of hydrogen-bond donors (Lipinski definition) is 1. The lowest BCUT2D eigenvalue weighted by molar-refractivity contribution is -0.107. The Morgan fingerprint density at radius 1 is 0.950 bits per heavy atom. The third kappa shape index (κ3) is 7.95. The van der Waals surface area contributed by atoms with Gasteiger partial charge in [0.05, 0.1) is 6.61 Å². The van der Waals surface area contributed by atoms with Gasteiger partial charge in [-0.1, -0.05) is 37.8 Å². The van der Waals surface area contributed by atoms with Gasteiger partial charge in [0.15, 0.2) is 0 Å². The number of benzene rings is 1. The average molecular weight is 278 g/mol. The minimum atomic E-state index is 0.311. The lowest BCUT2D eigenvalue weighted by atomic mass is 10.1. The molecule has 0 aromatic heterocycles. The molecule has 0 unspecified atom stereocenters. The van der Waals surface area contributed by atoms with E-state index >= 15 is 0 Å². The van der Waals surface area contributed by atoms with Crippen LogP contribution < -0.4 is 4.74 Å². The van der Waals surface area contributed by atoms with E-state index in [0.717, 1.165) is 44.3 Å². The van der Waals surface area contributed by atoms with Crippen LogP contribution in [0.3, 0.4) is 0 Å². The van der Waals surface area contributed by atoms with E-state index in [0.29, 0.717) is 13.0 Å². The molecule has 0 saturated carbocycles.